The summed E-state index contributed by atoms with van der Waals surface area (Å²) in [5, 5.41) is 10.5. The SMILES string of the molecule is Cc1cnc(-n2ccc(Cl)c(C(C)(C)O)c2=O)cc1-n1c(C)cc(OCc2ncc(F)cc2F)cc1=O. The lowest BCUT2D eigenvalue weighted by Gasteiger charge is -2.20. The van der Waals surface area contributed by atoms with Crippen molar-refractivity contribution in [3.63, 3.8) is 0 Å². The summed E-state index contributed by atoms with van der Waals surface area (Å²) in [6, 6.07) is 6.58. The fourth-order valence-electron chi connectivity index (χ4n) is 3.89. The predicted octanol–water partition coefficient (Wildman–Crippen LogP) is 4.13. The molecule has 8 nitrogen and oxygen atoms in total. The largest absolute Gasteiger partial charge is 0.487 e. The van der Waals surface area contributed by atoms with Gasteiger partial charge in [0.25, 0.3) is 11.1 Å². The molecule has 0 saturated heterocycles. The van der Waals surface area contributed by atoms with E-state index in [1.165, 1.54) is 47.5 Å². The van der Waals surface area contributed by atoms with Crippen LogP contribution in [0.25, 0.3) is 11.5 Å². The van der Waals surface area contributed by atoms with E-state index in [4.69, 9.17) is 16.3 Å². The maximum atomic E-state index is 13.9. The smallest absolute Gasteiger partial charge is 0.263 e. The number of aliphatic hydroxyl groups is 1. The van der Waals surface area contributed by atoms with Gasteiger partial charge in [-0.2, -0.15) is 0 Å². The molecule has 4 rings (SSSR count). The van der Waals surface area contributed by atoms with Crippen LogP contribution < -0.4 is 15.9 Å². The third-order valence-electron chi connectivity index (χ3n) is 5.65. The molecule has 4 aromatic rings. The Hall–Kier alpha value is -3.89. The molecule has 4 aromatic heterocycles. The van der Waals surface area contributed by atoms with Gasteiger partial charge in [-0.3, -0.25) is 23.7 Å². The first-order valence-corrected chi connectivity index (χ1v) is 11.5. The van der Waals surface area contributed by atoms with Crippen molar-refractivity contribution in [2.45, 2.75) is 39.9 Å². The zero-order chi connectivity index (χ0) is 27.1. The van der Waals surface area contributed by atoms with E-state index in [2.05, 4.69) is 9.97 Å². The predicted molar refractivity (Wildman–Crippen MR) is 134 cm³/mol. The van der Waals surface area contributed by atoms with Gasteiger partial charge in [-0.1, -0.05) is 11.6 Å². The van der Waals surface area contributed by atoms with Gasteiger partial charge in [0.05, 0.1) is 28.1 Å². The Morgan fingerprint density at radius 1 is 1.08 bits per heavy atom. The number of hydrogen-bond acceptors (Lipinski definition) is 6. The molecular weight excluding hydrogens is 506 g/mol. The molecule has 4 heterocycles. The average Bonchev–Trinajstić information content (AvgIpc) is 2.79. The molecule has 0 bridgehead atoms. The van der Waals surface area contributed by atoms with Crippen LogP contribution in [0.15, 0.2) is 58.5 Å². The topological polar surface area (TPSA) is 99.2 Å². The standard InChI is InChI=1S/C26H23ClF2N4O4/c1-14-11-31-22(32-6-5-18(27)24(25(32)35)26(3,4)36)10-21(14)33-15(2)7-17(9-23(33)34)37-13-20-19(29)8-16(28)12-30-20/h5-12,36H,13H2,1-4H3. The molecule has 0 aliphatic heterocycles. The highest BCUT2D eigenvalue weighted by Crippen LogP contribution is 2.25. The maximum Gasteiger partial charge on any atom is 0.263 e. The van der Waals surface area contributed by atoms with E-state index >= 15 is 0 Å². The van der Waals surface area contributed by atoms with Gasteiger partial charge in [0, 0.05) is 42.4 Å². The van der Waals surface area contributed by atoms with Crippen molar-refractivity contribution in [3.8, 4) is 17.3 Å². The number of aryl methyl sites for hydroxylation is 2. The van der Waals surface area contributed by atoms with Crippen molar-refractivity contribution in [2.24, 2.45) is 0 Å². The summed E-state index contributed by atoms with van der Waals surface area (Å²) in [4.78, 5) is 34.2. The molecule has 192 valence electrons. The second-order valence-electron chi connectivity index (χ2n) is 8.98. The Balaban J connectivity index is 1.72. The molecule has 0 radical (unpaired) electrons. The van der Waals surface area contributed by atoms with Gasteiger partial charge in [0.2, 0.25) is 0 Å². The maximum absolute atomic E-state index is 13.9. The Bertz CT molecular complexity index is 1630. The summed E-state index contributed by atoms with van der Waals surface area (Å²) in [6.07, 6.45) is 3.84. The van der Waals surface area contributed by atoms with Crippen LogP contribution in [0.5, 0.6) is 5.75 Å². The summed E-state index contributed by atoms with van der Waals surface area (Å²) in [5.41, 5.74) is -0.933. The van der Waals surface area contributed by atoms with Gasteiger partial charge in [0.15, 0.2) is 5.82 Å². The molecule has 0 aromatic carbocycles. The lowest BCUT2D eigenvalue weighted by atomic mass is 10.00. The van der Waals surface area contributed by atoms with Crippen molar-refractivity contribution < 1.29 is 18.6 Å². The summed E-state index contributed by atoms with van der Waals surface area (Å²) < 4.78 is 35.1. The minimum atomic E-state index is -1.49. The molecule has 0 fully saturated rings. The second-order valence-corrected chi connectivity index (χ2v) is 9.39. The van der Waals surface area contributed by atoms with Crippen LogP contribution in [0.4, 0.5) is 8.78 Å². The molecule has 0 amide bonds. The highest BCUT2D eigenvalue weighted by Gasteiger charge is 2.25. The number of pyridine rings is 4. The molecule has 0 spiro atoms. The number of halogens is 3. The van der Waals surface area contributed by atoms with Crippen LogP contribution in [-0.4, -0.2) is 24.2 Å². The van der Waals surface area contributed by atoms with E-state index in [-0.39, 0.29) is 34.5 Å². The van der Waals surface area contributed by atoms with E-state index in [1.807, 2.05) is 0 Å². The van der Waals surface area contributed by atoms with Crippen molar-refractivity contribution in [2.75, 3.05) is 0 Å². The third kappa shape index (κ3) is 5.30. The molecule has 37 heavy (non-hydrogen) atoms. The summed E-state index contributed by atoms with van der Waals surface area (Å²) in [7, 11) is 0. The van der Waals surface area contributed by atoms with E-state index in [0.717, 1.165) is 6.20 Å². The summed E-state index contributed by atoms with van der Waals surface area (Å²) >= 11 is 6.17. The van der Waals surface area contributed by atoms with Crippen molar-refractivity contribution in [3.05, 3.63) is 109 Å². The lowest BCUT2D eigenvalue weighted by Crippen LogP contribution is -2.32. The molecule has 0 unspecified atom stereocenters. The first-order chi connectivity index (χ1) is 17.4. The summed E-state index contributed by atoms with van der Waals surface area (Å²) in [6.45, 7) is 6.07. The Morgan fingerprint density at radius 2 is 1.81 bits per heavy atom. The number of aromatic nitrogens is 4. The van der Waals surface area contributed by atoms with E-state index in [0.29, 0.717) is 23.0 Å². The van der Waals surface area contributed by atoms with Crippen LogP contribution in [0.2, 0.25) is 5.02 Å². The lowest BCUT2D eigenvalue weighted by molar-refractivity contribution is 0.0769. The summed E-state index contributed by atoms with van der Waals surface area (Å²) in [5.74, 6) is -1.25. The van der Waals surface area contributed by atoms with Crippen molar-refractivity contribution >= 4 is 11.6 Å². The normalized spacial score (nSPS) is 11.6. The van der Waals surface area contributed by atoms with Crippen LogP contribution in [0.1, 0.15) is 36.4 Å². The van der Waals surface area contributed by atoms with Crippen molar-refractivity contribution in [1.82, 2.24) is 19.1 Å². The Labute approximate surface area is 215 Å². The number of hydrogen-bond donors (Lipinski definition) is 1. The van der Waals surface area contributed by atoms with Gasteiger partial charge in [-0.15, -0.1) is 0 Å². The van der Waals surface area contributed by atoms with Crippen LogP contribution >= 0.6 is 11.6 Å². The van der Waals surface area contributed by atoms with Crippen LogP contribution in [-0.2, 0) is 12.2 Å². The van der Waals surface area contributed by atoms with E-state index in [1.54, 1.807) is 26.0 Å². The molecule has 0 atom stereocenters. The van der Waals surface area contributed by atoms with Crippen molar-refractivity contribution in [1.29, 1.82) is 0 Å². The second kappa shape index (κ2) is 9.87. The number of rotatable bonds is 6. The minimum absolute atomic E-state index is 0.0162. The monoisotopic (exact) mass is 528 g/mol. The Kier molecular flexibility index (Phi) is 6.98. The fourth-order valence-corrected chi connectivity index (χ4v) is 4.26. The first-order valence-electron chi connectivity index (χ1n) is 11.1. The zero-order valence-electron chi connectivity index (χ0n) is 20.4. The third-order valence-corrected chi connectivity index (χ3v) is 5.97. The van der Waals surface area contributed by atoms with Gasteiger partial charge in [-0.05, 0) is 39.3 Å². The van der Waals surface area contributed by atoms with Gasteiger partial charge >= 0.3 is 0 Å². The number of nitrogens with zero attached hydrogens (tertiary/aromatic N) is 4. The Morgan fingerprint density at radius 3 is 2.46 bits per heavy atom. The molecular formula is C26H23ClF2N4O4. The molecule has 0 aliphatic rings. The minimum Gasteiger partial charge on any atom is -0.487 e. The molecule has 1 N–H and O–H groups in total. The average molecular weight is 529 g/mol. The van der Waals surface area contributed by atoms with Gasteiger partial charge in [-0.25, -0.2) is 13.8 Å². The van der Waals surface area contributed by atoms with Gasteiger partial charge < -0.3 is 9.84 Å². The first kappa shape index (κ1) is 26.2. The highest BCUT2D eigenvalue weighted by molar-refractivity contribution is 6.31. The number of ether oxygens (including phenoxy) is 1. The van der Waals surface area contributed by atoms with Crippen LogP contribution in [0, 0.1) is 25.5 Å². The highest BCUT2D eigenvalue weighted by atomic mass is 35.5. The molecule has 0 aliphatic carbocycles. The zero-order valence-corrected chi connectivity index (χ0v) is 21.2. The fraction of sp³-hybridized carbons (Fsp3) is 0.231. The van der Waals surface area contributed by atoms with E-state index < -0.39 is 28.4 Å². The molecule has 11 heteroatoms. The quantitative estimate of drug-likeness (QED) is 0.404. The van der Waals surface area contributed by atoms with Gasteiger partial charge in [0.1, 0.15) is 29.7 Å². The molecule has 0 saturated carbocycles. The van der Waals surface area contributed by atoms with Crippen LogP contribution in [0.3, 0.4) is 0 Å². The van der Waals surface area contributed by atoms with E-state index in [9.17, 15) is 23.5 Å².